The molecule has 0 N–H and O–H groups in total. The van der Waals surface area contributed by atoms with E-state index in [-0.39, 0.29) is 10.8 Å². The Kier molecular flexibility index (Phi) is 10.2. The summed E-state index contributed by atoms with van der Waals surface area (Å²) in [7, 11) is 0. The van der Waals surface area contributed by atoms with Gasteiger partial charge in [0.15, 0.2) is 0 Å². The Morgan fingerprint density at radius 2 is 0.521 bits per heavy atom. The highest BCUT2D eigenvalue weighted by molar-refractivity contribution is 6.17. The van der Waals surface area contributed by atoms with Crippen molar-refractivity contribution >= 4 is 165 Å². The Hall–Kier alpha value is -11.9. The summed E-state index contributed by atoms with van der Waals surface area (Å²) >= 11 is 0. The first kappa shape index (κ1) is 51.8. The fourth-order valence-corrected chi connectivity index (χ4v) is 16.8. The van der Waals surface area contributed by atoms with Gasteiger partial charge in [-0.05, 0) is 209 Å². The minimum Gasteiger partial charge on any atom is -0.456 e. The number of nitrogens with zero attached hydrogens (tertiary/aromatic N) is 2. The van der Waals surface area contributed by atoms with Crippen molar-refractivity contribution in [2.75, 3.05) is 9.80 Å². The Bertz CT molecular complexity index is 6190. The van der Waals surface area contributed by atoms with Crippen LogP contribution in [0.1, 0.15) is 49.9 Å². The molecule has 2 aliphatic rings. The van der Waals surface area contributed by atoms with E-state index < -0.39 is 0 Å². The highest BCUT2D eigenvalue weighted by Gasteiger charge is 2.39. The summed E-state index contributed by atoms with van der Waals surface area (Å²) in [5.74, 6) is 0. The molecule has 15 aromatic carbocycles. The molecule has 2 aliphatic carbocycles. The number of benzene rings is 15. The molecular formula is C88H56N2O4. The molecule has 0 spiro atoms. The van der Waals surface area contributed by atoms with Crippen LogP contribution < -0.4 is 9.80 Å². The zero-order valence-corrected chi connectivity index (χ0v) is 51.9. The van der Waals surface area contributed by atoms with Crippen molar-refractivity contribution in [3.05, 3.63) is 289 Å². The van der Waals surface area contributed by atoms with Crippen LogP contribution in [-0.2, 0) is 10.8 Å². The quantitative estimate of drug-likeness (QED) is 0.165. The highest BCUT2D eigenvalue weighted by Crippen LogP contribution is 2.56. The van der Waals surface area contributed by atoms with Gasteiger partial charge in [-0.1, -0.05) is 161 Å². The Morgan fingerprint density at radius 3 is 0.968 bits per heavy atom. The molecule has 6 heteroatoms. The summed E-state index contributed by atoms with van der Waals surface area (Å²) in [6, 6.07) is 97.5. The van der Waals surface area contributed by atoms with Crippen LogP contribution in [-0.4, -0.2) is 0 Å². The van der Waals surface area contributed by atoms with E-state index in [4.69, 9.17) is 17.7 Å². The van der Waals surface area contributed by atoms with E-state index in [1.165, 1.54) is 76.8 Å². The number of anilines is 6. The van der Waals surface area contributed by atoms with Crippen LogP contribution in [0.3, 0.4) is 0 Å². The van der Waals surface area contributed by atoms with Crippen LogP contribution in [0, 0.1) is 0 Å². The third-order valence-corrected chi connectivity index (χ3v) is 21.3. The van der Waals surface area contributed by atoms with Gasteiger partial charge in [0.1, 0.15) is 44.7 Å². The molecular weight excluding hydrogens is 1150 g/mol. The van der Waals surface area contributed by atoms with E-state index in [0.29, 0.717) is 0 Å². The molecule has 0 aliphatic heterocycles. The minimum atomic E-state index is -0.255. The van der Waals surface area contributed by atoms with Crippen molar-refractivity contribution in [3.63, 3.8) is 0 Å². The first-order valence-electron chi connectivity index (χ1n) is 32.5. The molecule has 0 saturated heterocycles. The molecule has 0 radical (unpaired) electrons. The molecule has 442 valence electrons. The normalized spacial score (nSPS) is 13.9. The van der Waals surface area contributed by atoms with Crippen LogP contribution in [0.25, 0.3) is 153 Å². The molecule has 0 saturated carbocycles. The monoisotopic (exact) mass is 1200 g/mol. The fourth-order valence-electron chi connectivity index (χ4n) is 16.8. The molecule has 21 rings (SSSR count). The van der Waals surface area contributed by atoms with Crippen molar-refractivity contribution in [2.45, 2.75) is 38.5 Å². The summed E-state index contributed by atoms with van der Waals surface area (Å²) < 4.78 is 27.3. The Morgan fingerprint density at radius 1 is 0.213 bits per heavy atom. The second-order valence-corrected chi connectivity index (χ2v) is 27.2. The average Bonchev–Trinajstić information content (AvgIpc) is 1.57. The second kappa shape index (κ2) is 18.4. The molecule has 19 aromatic rings. The lowest BCUT2D eigenvalue weighted by Gasteiger charge is -2.28. The van der Waals surface area contributed by atoms with E-state index in [1.54, 1.807) is 0 Å². The summed E-state index contributed by atoms with van der Waals surface area (Å²) in [6.45, 7) is 9.51. The van der Waals surface area contributed by atoms with Crippen molar-refractivity contribution in [1.29, 1.82) is 0 Å². The van der Waals surface area contributed by atoms with Crippen molar-refractivity contribution in [2.24, 2.45) is 0 Å². The van der Waals surface area contributed by atoms with Gasteiger partial charge in [0, 0.05) is 100 Å². The molecule has 6 nitrogen and oxygen atoms in total. The Labute approximate surface area is 539 Å². The molecule has 0 amide bonds. The molecule has 0 unspecified atom stereocenters. The molecule has 0 bridgehead atoms. The first-order chi connectivity index (χ1) is 46.0. The van der Waals surface area contributed by atoms with E-state index in [0.717, 1.165) is 133 Å². The average molecular weight is 1210 g/mol. The topological polar surface area (TPSA) is 59.0 Å². The number of furan rings is 4. The van der Waals surface area contributed by atoms with Crippen LogP contribution in [0.5, 0.6) is 0 Å². The molecule has 0 atom stereocenters. The maximum absolute atomic E-state index is 7.05. The lowest BCUT2D eigenvalue weighted by molar-refractivity contribution is 0.664. The summed E-state index contributed by atoms with van der Waals surface area (Å²) in [5, 5.41) is 18.1. The van der Waals surface area contributed by atoms with Gasteiger partial charge in [-0.15, -0.1) is 0 Å². The van der Waals surface area contributed by atoms with Crippen LogP contribution in [0.2, 0.25) is 0 Å². The zero-order chi connectivity index (χ0) is 62.0. The summed E-state index contributed by atoms with van der Waals surface area (Å²) in [5.41, 5.74) is 22.7. The van der Waals surface area contributed by atoms with E-state index >= 15 is 0 Å². The van der Waals surface area contributed by atoms with Crippen molar-refractivity contribution in [1.82, 2.24) is 0 Å². The van der Waals surface area contributed by atoms with Gasteiger partial charge >= 0.3 is 0 Å². The molecule has 4 aromatic heterocycles. The minimum absolute atomic E-state index is 0.255. The van der Waals surface area contributed by atoms with Gasteiger partial charge in [-0.3, -0.25) is 0 Å². The van der Waals surface area contributed by atoms with Crippen molar-refractivity contribution < 1.29 is 17.7 Å². The van der Waals surface area contributed by atoms with Gasteiger partial charge < -0.3 is 27.5 Å². The largest absolute Gasteiger partial charge is 0.456 e. The van der Waals surface area contributed by atoms with Gasteiger partial charge in [0.25, 0.3) is 0 Å². The molecule has 94 heavy (non-hydrogen) atoms. The van der Waals surface area contributed by atoms with Gasteiger partial charge in [0.2, 0.25) is 0 Å². The van der Waals surface area contributed by atoms with E-state index in [9.17, 15) is 0 Å². The third-order valence-electron chi connectivity index (χ3n) is 21.3. The second-order valence-electron chi connectivity index (χ2n) is 27.2. The van der Waals surface area contributed by atoms with Crippen molar-refractivity contribution in [3.8, 4) is 22.3 Å². The third kappa shape index (κ3) is 7.19. The van der Waals surface area contributed by atoms with Gasteiger partial charge in [0.05, 0.1) is 0 Å². The zero-order valence-electron chi connectivity index (χ0n) is 51.9. The summed E-state index contributed by atoms with van der Waals surface area (Å²) in [6.07, 6.45) is 0. The lowest BCUT2D eigenvalue weighted by atomic mass is 9.80. The van der Waals surface area contributed by atoms with E-state index in [1.807, 2.05) is 0 Å². The highest BCUT2D eigenvalue weighted by atomic mass is 16.3. The fraction of sp³-hybridized carbons (Fsp3) is 0.0682. The Balaban J connectivity index is 0.699. The molecule has 0 fully saturated rings. The maximum atomic E-state index is 7.05. The lowest BCUT2D eigenvalue weighted by Crippen LogP contribution is -2.17. The van der Waals surface area contributed by atoms with Crippen LogP contribution in [0.4, 0.5) is 34.1 Å². The van der Waals surface area contributed by atoms with Gasteiger partial charge in [-0.2, -0.15) is 0 Å². The predicted molar refractivity (Wildman–Crippen MR) is 390 cm³/mol. The number of fused-ring (bicyclic) bond motifs is 24. The van der Waals surface area contributed by atoms with E-state index in [2.05, 4.69) is 304 Å². The molecule has 4 heterocycles. The standard InChI is InChI=1S/C88H56N2O4/c1-87(2)75-43-57(23-31-63(75)67-29-21-49-13-9-11-19-61(49)85(67)87)89(55-27-35-77-71(41-55)69-37-51-15-5-7-17-53(51)39-79(69)91-77)59-25-33-65-73-47-84-74(48-83(73)93-81(65)45-59)66-34-26-60(46-82(66)94-84)90(56-28-36-78-72(42-56)70-38-52-16-6-8-18-54(52)40-80(70)92-78)58-24-32-64-68-30-22-50-14-10-12-20-62(50)86(68)88(3,4)76(64)44-58/h5-48H,1-4H3. The number of rotatable bonds is 6. The van der Waals surface area contributed by atoms with Gasteiger partial charge in [-0.25, -0.2) is 0 Å². The van der Waals surface area contributed by atoms with Crippen LogP contribution in [0.15, 0.2) is 285 Å². The first-order valence-corrected chi connectivity index (χ1v) is 32.5. The summed E-state index contributed by atoms with van der Waals surface area (Å²) in [4.78, 5) is 4.76. The number of hydrogen-bond acceptors (Lipinski definition) is 6. The predicted octanol–water partition coefficient (Wildman–Crippen LogP) is 25.4. The van der Waals surface area contributed by atoms with Crippen LogP contribution >= 0.6 is 0 Å². The maximum Gasteiger partial charge on any atom is 0.137 e. The smallest absolute Gasteiger partial charge is 0.137 e. The SMILES string of the molecule is CC1(C)c2cc(N(c3ccc4c(c3)oc3cc5c(cc34)oc3cc(N(c4ccc6c(c4)C(C)(C)c4c-6ccc6ccccc46)c4ccc6oc7cc8ccccc8cc7c6c4)ccc35)c3ccc4oc5cc6ccccc6cc5c4c3)ccc2-c2ccc3ccccc3c21. The number of hydrogen-bond donors (Lipinski definition) is 0.